The number of rotatable bonds is 6. The molecule has 3 heterocycles. The van der Waals surface area contributed by atoms with E-state index in [1.165, 1.54) is 35.1 Å². The summed E-state index contributed by atoms with van der Waals surface area (Å²) in [6, 6.07) is 10.4. The van der Waals surface area contributed by atoms with E-state index in [1.807, 2.05) is 33.0 Å². The first-order valence-electron chi connectivity index (χ1n) is 13.9. The summed E-state index contributed by atoms with van der Waals surface area (Å²) in [5.41, 5.74) is 14.2. The third-order valence-electron chi connectivity index (χ3n) is 8.45. The quantitative estimate of drug-likeness (QED) is 0.264. The fraction of sp³-hybridized carbons (Fsp3) is 0.469. The fourth-order valence-corrected chi connectivity index (χ4v) is 6.05. The summed E-state index contributed by atoms with van der Waals surface area (Å²) in [6.45, 7) is 17.9. The standard InChI is InChI=1S/C32H41N5O2/c1-18(2)23-17-25-24(31(5,6)12-13-32(25,7)8)16-21(23)15-22-10-11-26(39-22)30(38)35-34-27-14-19(3)28-20(4)36-37(9)29(28)33-27/h10-11,14,16-18H,12-13,15H2,1-9H3,(H,33,34)(H,35,38). The van der Waals surface area contributed by atoms with Crippen molar-refractivity contribution in [3.8, 4) is 0 Å². The lowest BCUT2D eigenvalue weighted by molar-refractivity contribution is 0.0933. The van der Waals surface area contributed by atoms with E-state index in [4.69, 9.17) is 4.42 Å². The van der Waals surface area contributed by atoms with Crippen molar-refractivity contribution in [3.05, 3.63) is 75.4 Å². The molecule has 0 saturated heterocycles. The molecule has 0 radical (unpaired) electrons. The van der Waals surface area contributed by atoms with Crippen molar-refractivity contribution in [2.75, 3.05) is 5.43 Å². The molecule has 0 spiro atoms. The zero-order valence-corrected chi connectivity index (χ0v) is 24.7. The van der Waals surface area contributed by atoms with E-state index < -0.39 is 0 Å². The Morgan fingerprint density at radius 2 is 1.72 bits per heavy atom. The Bertz CT molecular complexity index is 1570. The first-order valence-corrected chi connectivity index (χ1v) is 13.9. The molecule has 1 aliphatic rings. The molecule has 0 fully saturated rings. The van der Waals surface area contributed by atoms with Crippen LogP contribution in [0.5, 0.6) is 0 Å². The Labute approximate surface area is 231 Å². The minimum absolute atomic E-state index is 0.137. The number of hydrogen-bond donors (Lipinski definition) is 2. The van der Waals surface area contributed by atoms with Gasteiger partial charge in [0.2, 0.25) is 0 Å². The Kier molecular flexibility index (Phi) is 6.60. The van der Waals surface area contributed by atoms with Gasteiger partial charge in [-0.3, -0.25) is 20.3 Å². The van der Waals surface area contributed by atoms with Gasteiger partial charge in [-0.15, -0.1) is 0 Å². The highest BCUT2D eigenvalue weighted by Gasteiger charge is 2.37. The number of nitrogens with zero attached hydrogens (tertiary/aromatic N) is 3. The van der Waals surface area contributed by atoms with Gasteiger partial charge in [0.25, 0.3) is 0 Å². The van der Waals surface area contributed by atoms with Gasteiger partial charge < -0.3 is 4.42 Å². The third-order valence-corrected chi connectivity index (χ3v) is 8.45. The molecule has 0 atom stereocenters. The summed E-state index contributed by atoms with van der Waals surface area (Å²) >= 11 is 0. The summed E-state index contributed by atoms with van der Waals surface area (Å²) < 4.78 is 7.79. The number of aryl methyl sites for hydroxylation is 3. The van der Waals surface area contributed by atoms with Crippen LogP contribution in [0, 0.1) is 13.8 Å². The summed E-state index contributed by atoms with van der Waals surface area (Å²) in [7, 11) is 1.86. The monoisotopic (exact) mass is 527 g/mol. The molecule has 1 aliphatic carbocycles. The van der Waals surface area contributed by atoms with Crippen molar-refractivity contribution >= 4 is 22.8 Å². The number of hydrazine groups is 1. The van der Waals surface area contributed by atoms with Crippen LogP contribution in [0.15, 0.2) is 34.7 Å². The van der Waals surface area contributed by atoms with Gasteiger partial charge in [-0.05, 0) is 89.5 Å². The van der Waals surface area contributed by atoms with Crippen molar-refractivity contribution in [2.45, 2.75) is 91.4 Å². The molecule has 7 nitrogen and oxygen atoms in total. The van der Waals surface area contributed by atoms with Crippen LogP contribution >= 0.6 is 0 Å². The maximum absolute atomic E-state index is 12.9. The lowest BCUT2D eigenvalue weighted by atomic mass is 9.62. The van der Waals surface area contributed by atoms with Gasteiger partial charge in [0.15, 0.2) is 11.4 Å². The fourth-order valence-electron chi connectivity index (χ4n) is 6.05. The molecule has 7 heteroatoms. The number of hydrogen-bond acceptors (Lipinski definition) is 5. The maximum atomic E-state index is 12.9. The lowest BCUT2D eigenvalue weighted by Gasteiger charge is -2.42. The zero-order chi connectivity index (χ0) is 28.3. The molecule has 5 rings (SSSR count). The molecule has 0 unspecified atom stereocenters. The number of furan rings is 1. The molecular weight excluding hydrogens is 486 g/mol. The first kappa shape index (κ1) is 27.0. The summed E-state index contributed by atoms with van der Waals surface area (Å²) in [5.74, 6) is 1.63. The highest BCUT2D eigenvalue weighted by molar-refractivity contribution is 5.92. The van der Waals surface area contributed by atoms with E-state index in [1.54, 1.807) is 10.7 Å². The van der Waals surface area contributed by atoms with Crippen molar-refractivity contribution < 1.29 is 9.21 Å². The largest absolute Gasteiger partial charge is 0.456 e. The van der Waals surface area contributed by atoms with E-state index in [0.29, 0.717) is 18.2 Å². The van der Waals surface area contributed by atoms with Gasteiger partial charge in [-0.1, -0.05) is 53.7 Å². The number of carbonyl (C=O) groups excluding carboxylic acids is 1. The van der Waals surface area contributed by atoms with E-state index in [9.17, 15) is 4.79 Å². The summed E-state index contributed by atoms with van der Waals surface area (Å²) in [4.78, 5) is 17.5. The van der Waals surface area contributed by atoms with E-state index in [0.717, 1.165) is 28.1 Å². The molecule has 0 saturated carbocycles. The molecule has 0 bridgehead atoms. The highest BCUT2D eigenvalue weighted by atomic mass is 16.4. The summed E-state index contributed by atoms with van der Waals surface area (Å²) in [5, 5.41) is 5.48. The molecule has 0 aliphatic heterocycles. The Morgan fingerprint density at radius 3 is 2.38 bits per heavy atom. The predicted molar refractivity (Wildman–Crippen MR) is 156 cm³/mol. The van der Waals surface area contributed by atoms with Gasteiger partial charge in [0.05, 0.1) is 5.69 Å². The average Bonchev–Trinajstić information content (AvgIpc) is 3.44. The molecule has 2 N–H and O–H groups in total. The smallest absolute Gasteiger partial charge is 0.305 e. The highest BCUT2D eigenvalue weighted by Crippen LogP contribution is 2.47. The third kappa shape index (κ3) is 4.95. The average molecular weight is 528 g/mol. The van der Waals surface area contributed by atoms with Crippen LogP contribution in [0.2, 0.25) is 0 Å². The van der Waals surface area contributed by atoms with Gasteiger partial charge in [-0.2, -0.15) is 5.10 Å². The molecule has 4 aromatic rings. The van der Waals surface area contributed by atoms with Gasteiger partial charge >= 0.3 is 5.91 Å². The molecule has 39 heavy (non-hydrogen) atoms. The van der Waals surface area contributed by atoms with Crippen molar-refractivity contribution in [3.63, 3.8) is 0 Å². The van der Waals surface area contributed by atoms with E-state index >= 15 is 0 Å². The number of benzene rings is 1. The van der Waals surface area contributed by atoms with Crippen molar-refractivity contribution in [1.29, 1.82) is 0 Å². The van der Waals surface area contributed by atoms with Crippen LogP contribution in [0.3, 0.4) is 0 Å². The minimum atomic E-state index is -0.348. The second-order valence-electron chi connectivity index (χ2n) is 12.8. The normalized spacial score (nSPS) is 15.9. The number of pyridine rings is 1. The number of anilines is 1. The number of carbonyl (C=O) groups is 1. The van der Waals surface area contributed by atoms with Crippen molar-refractivity contribution in [1.82, 2.24) is 20.2 Å². The number of aromatic nitrogens is 3. The minimum Gasteiger partial charge on any atom is -0.456 e. The second kappa shape index (κ2) is 9.54. The molecule has 1 aromatic carbocycles. The van der Waals surface area contributed by atoms with E-state index in [2.05, 4.69) is 74.6 Å². The van der Waals surface area contributed by atoms with Crippen LogP contribution in [0.4, 0.5) is 5.82 Å². The number of amides is 1. The Balaban J connectivity index is 1.35. The van der Waals surface area contributed by atoms with Crippen LogP contribution in [0.1, 0.15) is 110 Å². The second-order valence-corrected chi connectivity index (χ2v) is 12.8. The lowest BCUT2D eigenvalue weighted by Crippen LogP contribution is -2.34. The molecule has 1 amide bonds. The number of fused-ring (bicyclic) bond motifs is 2. The molecule has 206 valence electrons. The topological polar surface area (TPSA) is 85.0 Å². The molecule has 3 aromatic heterocycles. The van der Waals surface area contributed by atoms with Crippen LogP contribution in [-0.4, -0.2) is 20.7 Å². The SMILES string of the molecule is Cc1cc(NNC(=O)c2ccc(Cc3cc4c(cc3C(C)C)C(C)(C)CCC4(C)C)o2)nc2c1c(C)nn2C. The Morgan fingerprint density at radius 1 is 1.05 bits per heavy atom. The number of nitrogens with one attached hydrogen (secondary N) is 2. The van der Waals surface area contributed by atoms with Gasteiger partial charge in [0, 0.05) is 18.9 Å². The summed E-state index contributed by atoms with van der Waals surface area (Å²) in [6.07, 6.45) is 3.02. The van der Waals surface area contributed by atoms with Crippen LogP contribution < -0.4 is 10.9 Å². The Hall–Kier alpha value is -3.61. The molecular formula is C32H41N5O2. The van der Waals surface area contributed by atoms with Gasteiger partial charge in [0.1, 0.15) is 11.6 Å². The zero-order valence-electron chi connectivity index (χ0n) is 24.7. The van der Waals surface area contributed by atoms with Crippen molar-refractivity contribution in [2.24, 2.45) is 7.05 Å². The van der Waals surface area contributed by atoms with Crippen LogP contribution in [0.25, 0.3) is 11.0 Å². The predicted octanol–water partition coefficient (Wildman–Crippen LogP) is 7.00. The first-order chi connectivity index (χ1) is 18.3. The maximum Gasteiger partial charge on any atom is 0.305 e. The van der Waals surface area contributed by atoms with Gasteiger partial charge in [-0.25, -0.2) is 4.98 Å². The van der Waals surface area contributed by atoms with Crippen LogP contribution in [-0.2, 0) is 24.3 Å². The van der Waals surface area contributed by atoms with E-state index in [-0.39, 0.29) is 22.5 Å².